The van der Waals surface area contributed by atoms with Gasteiger partial charge in [0, 0.05) is 12.1 Å². The van der Waals surface area contributed by atoms with Crippen LogP contribution in [0.4, 0.5) is 5.69 Å². The van der Waals surface area contributed by atoms with Gasteiger partial charge >= 0.3 is 0 Å². The first-order chi connectivity index (χ1) is 14.4. The van der Waals surface area contributed by atoms with Crippen LogP contribution in [0.1, 0.15) is 30.5 Å². The van der Waals surface area contributed by atoms with E-state index in [-0.39, 0.29) is 17.8 Å². The molecule has 7 heteroatoms. The Bertz CT molecular complexity index is 1000. The van der Waals surface area contributed by atoms with Crippen molar-refractivity contribution in [3.05, 3.63) is 58.9 Å². The molecule has 1 aliphatic rings. The van der Waals surface area contributed by atoms with Crippen molar-refractivity contribution in [2.45, 2.75) is 26.3 Å². The molecule has 0 radical (unpaired) electrons. The Kier molecular flexibility index (Phi) is 6.01. The highest BCUT2D eigenvalue weighted by Gasteiger charge is 2.44. The minimum atomic E-state index is -0.833. The zero-order valence-electron chi connectivity index (χ0n) is 17.7. The van der Waals surface area contributed by atoms with E-state index in [0.29, 0.717) is 28.5 Å². The van der Waals surface area contributed by atoms with Gasteiger partial charge in [0.05, 0.1) is 32.9 Å². The number of ketones is 1. The maximum Gasteiger partial charge on any atom is 0.294 e. The van der Waals surface area contributed by atoms with Gasteiger partial charge in [0.1, 0.15) is 0 Å². The second kappa shape index (κ2) is 8.49. The lowest BCUT2D eigenvalue weighted by Gasteiger charge is -2.28. The minimum absolute atomic E-state index is 0.0540. The molecule has 0 saturated heterocycles. The molecule has 1 unspecified atom stereocenters. The second-order valence-corrected chi connectivity index (χ2v) is 6.91. The molecule has 0 fully saturated rings. The van der Waals surface area contributed by atoms with Gasteiger partial charge in [-0.25, -0.2) is 0 Å². The van der Waals surface area contributed by atoms with E-state index in [0.717, 1.165) is 5.56 Å². The summed E-state index contributed by atoms with van der Waals surface area (Å²) in [5.41, 5.74) is 2.13. The fourth-order valence-corrected chi connectivity index (χ4v) is 3.70. The summed E-state index contributed by atoms with van der Waals surface area (Å²) in [7, 11) is 4.48. The zero-order valence-corrected chi connectivity index (χ0v) is 17.7. The predicted molar refractivity (Wildman–Crippen MR) is 112 cm³/mol. The summed E-state index contributed by atoms with van der Waals surface area (Å²) < 4.78 is 16.3. The van der Waals surface area contributed by atoms with E-state index in [1.165, 1.54) is 26.2 Å². The molecule has 0 aromatic heterocycles. The number of hydrogen-bond donors (Lipinski definition) is 1. The first kappa shape index (κ1) is 21.2. The fourth-order valence-electron chi connectivity index (χ4n) is 3.70. The Morgan fingerprint density at radius 2 is 1.70 bits per heavy atom. The van der Waals surface area contributed by atoms with E-state index in [1.54, 1.807) is 25.1 Å². The topological polar surface area (TPSA) is 85.3 Å². The number of aryl methyl sites for hydroxylation is 1. The van der Waals surface area contributed by atoms with Crippen molar-refractivity contribution in [1.82, 2.24) is 0 Å². The lowest BCUT2D eigenvalue weighted by atomic mass is 9.94. The van der Waals surface area contributed by atoms with Gasteiger partial charge in [0.2, 0.25) is 5.75 Å². The lowest BCUT2D eigenvalue weighted by molar-refractivity contribution is -0.118. The standard InChI is InChI=1S/C23H25NO6/c1-6-16(25)19-20(14-11-17(28-3)22(30-5)18(12-14)29-4)24(23(27)21(19)26)15-9-7-8-13(2)10-15/h7-12,20,26H,6H2,1-5H3. The molecule has 1 aliphatic heterocycles. The van der Waals surface area contributed by atoms with E-state index in [2.05, 4.69) is 0 Å². The van der Waals surface area contributed by atoms with Crippen LogP contribution in [0.3, 0.4) is 0 Å². The monoisotopic (exact) mass is 411 g/mol. The van der Waals surface area contributed by atoms with Gasteiger partial charge in [-0.15, -0.1) is 0 Å². The van der Waals surface area contributed by atoms with Crippen LogP contribution in [-0.2, 0) is 9.59 Å². The number of carbonyl (C=O) groups excluding carboxylic acids is 2. The summed E-state index contributed by atoms with van der Waals surface area (Å²) in [5, 5.41) is 10.6. The third-order valence-corrected chi connectivity index (χ3v) is 5.11. The summed E-state index contributed by atoms with van der Waals surface area (Å²) in [5.74, 6) is -0.309. The zero-order chi connectivity index (χ0) is 22.0. The average Bonchev–Trinajstić information content (AvgIpc) is 3.02. The van der Waals surface area contributed by atoms with E-state index in [1.807, 2.05) is 25.1 Å². The summed E-state index contributed by atoms with van der Waals surface area (Å²) in [6.45, 7) is 3.60. The number of carbonyl (C=O) groups is 2. The van der Waals surface area contributed by atoms with Crippen LogP contribution in [0.2, 0.25) is 0 Å². The van der Waals surface area contributed by atoms with Crippen molar-refractivity contribution in [3.8, 4) is 17.2 Å². The van der Waals surface area contributed by atoms with Crippen LogP contribution in [-0.4, -0.2) is 38.1 Å². The van der Waals surface area contributed by atoms with Crippen molar-refractivity contribution in [1.29, 1.82) is 0 Å². The number of methoxy groups -OCH3 is 3. The number of amides is 1. The first-order valence-electron chi connectivity index (χ1n) is 9.54. The largest absolute Gasteiger partial charge is 0.503 e. The molecule has 1 atom stereocenters. The maximum absolute atomic E-state index is 13.0. The molecule has 0 saturated carbocycles. The van der Waals surface area contributed by atoms with Crippen LogP contribution in [0.5, 0.6) is 17.2 Å². The lowest BCUT2D eigenvalue weighted by Crippen LogP contribution is -2.31. The maximum atomic E-state index is 13.0. The molecule has 1 N–H and O–H groups in total. The van der Waals surface area contributed by atoms with Crippen molar-refractivity contribution >= 4 is 17.4 Å². The number of hydrogen-bond acceptors (Lipinski definition) is 6. The smallest absolute Gasteiger partial charge is 0.294 e. The Morgan fingerprint density at radius 1 is 1.07 bits per heavy atom. The van der Waals surface area contributed by atoms with Gasteiger partial charge in [0.25, 0.3) is 5.91 Å². The normalized spacial score (nSPS) is 16.1. The molecule has 2 aromatic rings. The van der Waals surface area contributed by atoms with Gasteiger partial charge in [0.15, 0.2) is 23.0 Å². The summed E-state index contributed by atoms with van der Waals surface area (Å²) in [6.07, 6.45) is 0.148. The van der Waals surface area contributed by atoms with Crippen LogP contribution in [0.15, 0.2) is 47.7 Å². The molecule has 1 amide bonds. The Balaban J connectivity index is 2.28. The van der Waals surface area contributed by atoms with Crippen molar-refractivity contribution in [2.24, 2.45) is 0 Å². The van der Waals surface area contributed by atoms with E-state index in [9.17, 15) is 14.7 Å². The summed E-state index contributed by atoms with van der Waals surface area (Å²) in [4.78, 5) is 27.2. The quantitative estimate of drug-likeness (QED) is 0.744. The minimum Gasteiger partial charge on any atom is -0.503 e. The molecule has 3 rings (SSSR count). The molecule has 1 heterocycles. The molecule has 30 heavy (non-hydrogen) atoms. The molecular formula is C23H25NO6. The molecule has 2 aromatic carbocycles. The summed E-state index contributed by atoms with van der Waals surface area (Å²) in [6, 6.07) is 9.86. The number of aliphatic hydroxyl groups is 1. The highest BCUT2D eigenvalue weighted by Crippen LogP contribution is 2.46. The van der Waals surface area contributed by atoms with Crippen LogP contribution in [0.25, 0.3) is 0 Å². The molecule has 7 nitrogen and oxygen atoms in total. The number of anilines is 1. The van der Waals surface area contributed by atoms with E-state index in [4.69, 9.17) is 14.2 Å². The number of benzene rings is 2. The predicted octanol–water partition coefficient (Wildman–Crippen LogP) is 3.90. The first-order valence-corrected chi connectivity index (χ1v) is 9.54. The Hall–Kier alpha value is -3.48. The number of rotatable bonds is 7. The van der Waals surface area contributed by atoms with Crippen LogP contribution >= 0.6 is 0 Å². The van der Waals surface area contributed by atoms with Crippen molar-refractivity contribution < 1.29 is 28.9 Å². The van der Waals surface area contributed by atoms with Gasteiger partial charge in [-0.3, -0.25) is 14.5 Å². The SMILES string of the molecule is CCC(=O)C1=C(O)C(=O)N(c2cccc(C)c2)C1c1cc(OC)c(OC)c(OC)c1. The average molecular weight is 411 g/mol. The number of Topliss-reactive ketones (excluding diaryl/α,β-unsaturated/α-hetero) is 1. The fraction of sp³-hybridized carbons (Fsp3) is 0.304. The molecule has 158 valence electrons. The molecular weight excluding hydrogens is 386 g/mol. The van der Waals surface area contributed by atoms with Crippen LogP contribution in [0, 0.1) is 6.92 Å². The molecule has 0 bridgehead atoms. The number of nitrogens with zero attached hydrogens (tertiary/aromatic N) is 1. The second-order valence-electron chi connectivity index (χ2n) is 6.91. The van der Waals surface area contributed by atoms with Gasteiger partial charge in [-0.1, -0.05) is 19.1 Å². The Morgan fingerprint density at radius 3 is 2.20 bits per heavy atom. The van der Waals surface area contributed by atoms with Gasteiger partial charge in [-0.05, 0) is 42.3 Å². The molecule has 0 aliphatic carbocycles. The van der Waals surface area contributed by atoms with E-state index < -0.39 is 17.7 Å². The van der Waals surface area contributed by atoms with Crippen LogP contribution < -0.4 is 19.1 Å². The van der Waals surface area contributed by atoms with Crippen molar-refractivity contribution in [2.75, 3.05) is 26.2 Å². The Labute approximate surface area is 175 Å². The molecule has 0 spiro atoms. The highest BCUT2D eigenvalue weighted by atomic mass is 16.5. The van der Waals surface area contributed by atoms with E-state index >= 15 is 0 Å². The van der Waals surface area contributed by atoms with Gasteiger partial charge < -0.3 is 19.3 Å². The third-order valence-electron chi connectivity index (χ3n) is 5.11. The van der Waals surface area contributed by atoms with Crippen molar-refractivity contribution in [3.63, 3.8) is 0 Å². The number of aliphatic hydroxyl groups excluding tert-OH is 1. The number of ether oxygens (including phenoxy) is 3. The summed E-state index contributed by atoms with van der Waals surface area (Å²) >= 11 is 0. The van der Waals surface area contributed by atoms with Gasteiger partial charge in [-0.2, -0.15) is 0 Å². The third kappa shape index (κ3) is 3.47. The highest BCUT2D eigenvalue weighted by molar-refractivity contribution is 6.16.